The summed E-state index contributed by atoms with van der Waals surface area (Å²) in [5.74, 6) is 0.630. The van der Waals surface area contributed by atoms with Crippen LogP contribution in [0.1, 0.15) is 16.7 Å². The summed E-state index contributed by atoms with van der Waals surface area (Å²) in [5, 5.41) is 2.83. The molecule has 0 fully saturated rings. The smallest absolute Gasteiger partial charge is 0.262 e. The van der Waals surface area contributed by atoms with Crippen LogP contribution in [-0.2, 0) is 4.79 Å². The molecule has 0 bridgehead atoms. The van der Waals surface area contributed by atoms with Gasteiger partial charge in [0.1, 0.15) is 5.75 Å². The summed E-state index contributed by atoms with van der Waals surface area (Å²) in [6.07, 6.45) is 0. The molecule has 0 saturated heterocycles. The molecule has 2 aromatic carbocycles. The van der Waals surface area contributed by atoms with Gasteiger partial charge in [0.15, 0.2) is 6.61 Å². The van der Waals surface area contributed by atoms with Crippen LogP contribution in [0.5, 0.6) is 5.75 Å². The second-order valence-corrected chi connectivity index (χ2v) is 4.93. The van der Waals surface area contributed by atoms with Gasteiger partial charge < -0.3 is 10.1 Å². The molecule has 2 rings (SSSR count). The van der Waals surface area contributed by atoms with E-state index in [0.29, 0.717) is 0 Å². The molecule has 0 radical (unpaired) electrons. The number of hydrogen-bond acceptors (Lipinski definition) is 2. The van der Waals surface area contributed by atoms with Crippen molar-refractivity contribution in [3.8, 4) is 5.75 Å². The van der Waals surface area contributed by atoms with E-state index in [1.54, 1.807) is 0 Å². The van der Waals surface area contributed by atoms with Crippen LogP contribution in [0, 0.1) is 20.8 Å². The van der Waals surface area contributed by atoms with Gasteiger partial charge in [0, 0.05) is 5.69 Å². The maximum Gasteiger partial charge on any atom is 0.262 e. The van der Waals surface area contributed by atoms with E-state index in [-0.39, 0.29) is 12.5 Å². The van der Waals surface area contributed by atoms with Crippen molar-refractivity contribution in [1.82, 2.24) is 0 Å². The summed E-state index contributed by atoms with van der Waals surface area (Å²) in [5.41, 5.74) is 3.97. The van der Waals surface area contributed by atoms with Crippen molar-refractivity contribution in [2.75, 3.05) is 11.9 Å². The van der Waals surface area contributed by atoms with Gasteiger partial charge in [-0.2, -0.15) is 0 Å². The van der Waals surface area contributed by atoms with Crippen molar-refractivity contribution < 1.29 is 9.53 Å². The first-order chi connectivity index (χ1) is 9.56. The normalized spacial score (nSPS) is 10.2. The molecule has 1 N–H and O–H groups in total. The van der Waals surface area contributed by atoms with E-state index < -0.39 is 0 Å². The second-order valence-electron chi connectivity index (χ2n) is 4.93. The largest absolute Gasteiger partial charge is 0.483 e. The van der Waals surface area contributed by atoms with Gasteiger partial charge >= 0.3 is 0 Å². The molecule has 20 heavy (non-hydrogen) atoms. The molecule has 1 amide bonds. The zero-order valence-corrected chi connectivity index (χ0v) is 12.1. The van der Waals surface area contributed by atoms with Crippen LogP contribution in [0.2, 0.25) is 0 Å². The van der Waals surface area contributed by atoms with E-state index in [2.05, 4.69) is 5.32 Å². The Morgan fingerprint density at radius 3 is 2.35 bits per heavy atom. The number of rotatable bonds is 4. The van der Waals surface area contributed by atoms with Crippen LogP contribution >= 0.6 is 0 Å². The van der Waals surface area contributed by atoms with E-state index >= 15 is 0 Å². The lowest BCUT2D eigenvalue weighted by Crippen LogP contribution is -2.20. The lowest BCUT2D eigenvalue weighted by atomic mass is 10.1. The first kappa shape index (κ1) is 14.1. The third-order valence-electron chi connectivity index (χ3n) is 3.06. The van der Waals surface area contributed by atoms with Crippen LogP contribution in [0.3, 0.4) is 0 Å². The number of aryl methyl sites for hydroxylation is 3. The minimum Gasteiger partial charge on any atom is -0.483 e. The zero-order chi connectivity index (χ0) is 14.5. The van der Waals surface area contributed by atoms with E-state index in [4.69, 9.17) is 4.74 Å². The Morgan fingerprint density at radius 1 is 1.05 bits per heavy atom. The molecule has 0 aliphatic heterocycles. The van der Waals surface area contributed by atoms with Gasteiger partial charge in [0.2, 0.25) is 0 Å². The highest BCUT2D eigenvalue weighted by Gasteiger charge is 2.07. The van der Waals surface area contributed by atoms with Crippen molar-refractivity contribution >= 4 is 11.6 Å². The van der Waals surface area contributed by atoms with E-state index in [0.717, 1.165) is 28.1 Å². The molecular formula is C17H19NO2. The third kappa shape index (κ3) is 3.60. The Morgan fingerprint density at radius 2 is 1.70 bits per heavy atom. The number of anilines is 1. The van der Waals surface area contributed by atoms with Gasteiger partial charge in [-0.15, -0.1) is 0 Å². The summed E-state index contributed by atoms with van der Waals surface area (Å²) in [7, 11) is 0. The second kappa shape index (κ2) is 6.24. The van der Waals surface area contributed by atoms with Crippen molar-refractivity contribution in [3.63, 3.8) is 0 Å². The lowest BCUT2D eigenvalue weighted by Gasteiger charge is -2.12. The maximum atomic E-state index is 11.9. The lowest BCUT2D eigenvalue weighted by molar-refractivity contribution is -0.118. The minimum absolute atomic E-state index is 0.0135. The summed E-state index contributed by atoms with van der Waals surface area (Å²) in [4.78, 5) is 11.9. The molecular weight excluding hydrogens is 250 g/mol. The molecule has 0 aliphatic carbocycles. The zero-order valence-electron chi connectivity index (χ0n) is 12.1. The summed E-state index contributed by atoms with van der Waals surface area (Å²) in [6, 6.07) is 13.6. The fourth-order valence-corrected chi connectivity index (χ4v) is 2.08. The van der Waals surface area contributed by atoms with E-state index in [9.17, 15) is 4.79 Å². The molecule has 3 nitrogen and oxygen atoms in total. The Labute approximate surface area is 119 Å². The molecule has 0 unspecified atom stereocenters. The van der Waals surface area contributed by atoms with Gasteiger partial charge in [-0.1, -0.05) is 30.3 Å². The van der Waals surface area contributed by atoms with Crippen molar-refractivity contribution in [2.45, 2.75) is 20.8 Å². The highest BCUT2D eigenvalue weighted by atomic mass is 16.5. The summed E-state index contributed by atoms with van der Waals surface area (Å²) < 4.78 is 5.62. The van der Waals surface area contributed by atoms with Gasteiger partial charge in [0.05, 0.1) is 0 Å². The predicted octanol–water partition coefficient (Wildman–Crippen LogP) is 3.63. The molecule has 0 heterocycles. The summed E-state index contributed by atoms with van der Waals surface area (Å²) in [6.45, 7) is 5.95. The van der Waals surface area contributed by atoms with Crippen LogP contribution in [0.25, 0.3) is 0 Å². The number of carbonyl (C=O) groups excluding carboxylic acids is 1. The number of hydrogen-bond donors (Lipinski definition) is 1. The Balaban J connectivity index is 1.96. The van der Waals surface area contributed by atoms with Crippen molar-refractivity contribution in [3.05, 3.63) is 59.2 Å². The number of para-hydroxylation sites is 1. The van der Waals surface area contributed by atoms with Gasteiger partial charge in [-0.3, -0.25) is 4.79 Å². The maximum absolute atomic E-state index is 11.9. The van der Waals surface area contributed by atoms with E-state index in [1.165, 1.54) is 0 Å². The molecule has 3 heteroatoms. The molecule has 104 valence electrons. The number of carbonyl (C=O) groups is 1. The topological polar surface area (TPSA) is 38.3 Å². The Kier molecular flexibility index (Phi) is 4.41. The highest BCUT2D eigenvalue weighted by Crippen LogP contribution is 2.22. The Hall–Kier alpha value is -2.29. The number of ether oxygens (including phenoxy) is 1. The summed E-state index contributed by atoms with van der Waals surface area (Å²) >= 11 is 0. The molecule has 2 aromatic rings. The van der Waals surface area contributed by atoms with Crippen LogP contribution < -0.4 is 10.1 Å². The first-order valence-electron chi connectivity index (χ1n) is 6.62. The van der Waals surface area contributed by atoms with Crippen molar-refractivity contribution in [2.24, 2.45) is 0 Å². The highest BCUT2D eigenvalue weighted by molar-refractivity contribution is 5.91. The fraction of sp³-hybridized carbons (Fsp3) is 0.235. The molecule has 0 aromatic heterocycles. The van der Waals surface area contributed by atoms with Gasteiger partial charge in [0.25, 0.3) is 5.91 Å². The number of nitrogens with one attached hydrogen (secondary N) is 1. The first-order valence-corrected chi connectivity index (χ1v) is 6.62. The SMILES string of the molecule is Cc1cccc(NC(=O)COc2c(C)cccc2C)c1. The third-order valence-corrected chi connectivity index (χ3v) is 3.06. The number of amides is 1. The van der Waals surface area contributed by atoms with Crippen LogP contribution in [0.4, 0.5) is 5.69 Å². The monoisotopic (exact) mass is 269 g/mol. The predicted molar refractivity (Wildman–Crippen MR) is 81.2 cm³/mol. The van der Waals surface area contributed by atoms with Crippen LogP contribution in [0.15, 0.2) is 42.5 Å². The fourth-order valence-electron chi connectivity index (χ4n) is 2.08. The van der Waals surface area contributed by atoms with Crippen LogP contribution in [-0.4, -0.2) is 12.5 Å². The molecule has 0 saturated carbocycles. The minimum atomic E-state index is -0.154. The quantitative estimate of drug-likeness (QED) is 0.920. The average molecular weight is 269 g/mol. The number of benzene rings is 2. The molecule has 0 spiro atoms. The van der Waals surface area contributed by atoms with Gasteiger partial charge in [-0.05, 0) is 49.6 Å². The van der Waals surface area contributed by atoms with Crippen molar-refractivity contribution in [1.29, 1.82) is 0 Å². The standard InChI is InChI=1S/C17H19NO2/c1-12-6-4-9-15(10-12)18-16(19)11-20-17-13(2)7-5-8-14(17)3/h4-10H,11H2,1-3H3,(H,18,19). The molecule has 0 aliphatic rings. The van der Waals surface area contributed by atoms with Gasteiger partial charge in [-0.25, -0.2) is 0 Å². The Bertz CT molecular complexity index is 600. The molecule has 0 atom stereocenters. The van der Waals surface area contributed by atoms with E-state index in [1.807, 2.05) is 63.2 Å². The average Bonchev–Trinajstić information content (AvgIpc) is 2.38.